The van der Waals surface area contributed by atoms with Crippen LogP contribution in [0.5, 0.6) is 0 Å². The Morgan fingerprint density at radius 1 is 1.00 bits per heavy atom. The Balaban J connectivity index is 1.86. The van der Waals surface area contributed by atoms with Crippen molar-refractivity contribution in [2.75, 3.05) is 13.1 Å². The maximum atomic E-state index is 13.9. The molecule has 4 rings (SSSR count). The maximum absolute atomic E-state index is 13.9. The van der Waals surface area contributed by atoms with Crippen molar-refractivity contribution in [2.24, 2.45) is 11.7 Å². The summed E-state index contributed by atoms with van der Waals surface area (Å²) >= 11 is 0. The molecule has 188 valence electrons. The first-order valence-electron chi connectivity index (χ1n) is 13.0. The number of carbonyl (C=O) groups is 1. The summed E-state index contributed by atoms with van der Waals surface area (Å²) in [4.78, 5) is 21.1. The van der Waals surface area contributed by atoms with Crippen LogP contribution < -0.4 is 5.73 Å². The molecule has 0 saturated heterocycles. The summed E-state index contributed by atoms with van der Waals surface area (Å²) in [6, 6.07) is 24.6. The van der Waals surface area contributed by atoms with Crippen molar-refractivity contribution in [2.45, 2.75) is 53.1 Å². The van der Waals surface area contributed by atoms with Gasteiger partial charge in [-0.2, -0.15) is 0 Å². The van der Waals surface area contributed by atoms with Gasteiger partial charge in [0, 0.05) is 18.7 Å². The van der Waals surface area contributed by atoms with Crippen molar-refractivity contribution in [3.05, 3.63) is 101 Å². The lowest BCUT2D eigenvalue weighted by atomic mass is 9.99. The number of hydrogen-bond acceptors (Lipinski definition) is 3. The molecule has 0 aliphatic carbocycles. The number of hydrogen-bond donors (Lipinski definition) is 1. The normalized spacial score (nSPS) is 12.3. The molecule has 0 bridgehead atoms. The lowest BCUT2D eigenvalue weighted by Gasteiger charge is -2.34. The smallest absolute Gasteiger partial charge is 0.254 e. The first-order valence-corrected chi connectivity index (χ1v) is 13.0. The van der Waals surface area contributed by atoms with Crippen molar-refractivity contribution < 1.29 is 4.79 Å². The lowest BCUT2D eigenvalue weighted by molar-refractivity contribution is 0.0605. The van der Waals surface area contributed by atoms with E-state index in [0.29, 0.717) is 25.2 Å². The zero-order chi connectivity index (χ0) is 25.7. The molecule has 5 heteroatoms. The van der Waals surface area contributed by atoms with E-state index >= 15 is 0 Å². The number of benzene rings is 3. The fourth-order valence-electron chi connectivity index (χ4n) is 4.86. The molecule has 0 fully saturated rings. The van der Waals surface area contributed by atoms with Gasteiger partial charge in [-0.25, -0.2) is 4.98 Å². The van der Waals surface area contributed by atoms with E-state index in [4.69, 9.17) is 10.7 Å². The van der Waals surface area contributed by atoms with Crippen LogP contribution in [0.25, 0.3) is 11.0 Å². The fourth-order valence-corrected chi connectivity index (χ4v) is 4.86. The van der Waals surface area contributed by atoms with E-state index in [1.165, 1.54) is 11.1 Å². The number of aromatic nitrogens is 2. The Hall–Kier alpha value is -3.44. The van der Waals surface area contributed by atoms with Crippen molar-refractivity contribution in [1.29, 1.82) is 0 Å². The van der Waals surface area contributed by atoms with Crippen LogP contribution in [0, 0.1) is 12.8 Å². The summed E-state index contributed by atoms with van der Waals surface area (Å²) in [6.07, 6.45) is 1.69. The number of fused-ring (bicyclic) bond motifs is 1. The van der Waals surface area contributed by atoms with Gasteiger partial charge in [0.05, 0.1) is 17.1 Å². The molecule has 1 heterocycles. The van der Waals surface area contributed by atoms with Gasteiger partial charge >= 0.3 is 0 Å². The van der Waals surface area contributed by atoms with Crippen molar-refractivity contribution in [1.82, 2.24) is 14.5 Å². The van der Waals surface area contributed by atoms with E-state index in [1.54, 1.807) is 0 Å². The zero-order valence-corrected chi connectivity index (χ0v) is 21.9. The molecule has 3 aromatic carbocycles. The van der Waals surface area contributed by atoms with Gasteiger partial charge in [-0.3, -0.25) is 4.79 Å². The molecule has 0 unspecified atom stereocenters. The van der Waals surface area contributed by atoms with Gasteiger partial charge in [-0.15, -0.1) is 0 Å². The van der Waals surface area contributed by atoms with Gasteiger partial charge in [0.25, 0.3) is 5.91 Å². The third-order valence-electron chi connectivity index (χ3n) is 6.83. The Morgan fingerprint density at radius 3 is 2.36 bits per heavy atom. The van der Waals surface area contributed by atoms with Crippen LogP contribution in [0.15, 0.2) is 72.8 Å². The summed E-state index contributed by atoms with van der Waals surface area (Å²) < 4.78 is 2.30. The Labute approximate surface area is 215 Å². The van der Waals surface area contributed by atoms with Crippen molar-refractivity contribution in [3.63, 3.8) is 0 Å². The lowest BCUT2D eigenvalue weighted by Crippen LogP contribution is -2.40. The third-order valence-corrected chi connectivity index (χ3v) is 6.83. The van der Waals surface area contributed by atoms with Crippen molar-refractivity contribution in [3.8, 4) is 0 Å². The molecule has 0 aliphatic rings. The maximum Gasteiger partial charge on any atom is 0.254 e. The SMILES string of the molecule is CCc1ccc2c(c1)nc([C@@H](C(C)C)N(CCCN)C(=O)c1ccc(C)cc1)n2Cc1ccccc1. The summed E-state index contributed by atoms with van der Waals surface area (Å²) in [5.74, 6) is 1.11. The van der Waals surface area contributed by atoms with Crippen molar-refractivity contribution >= 4 is 16.9 Å². The molecular weight excluding hydrogens is 444 g/mol. The van der Waals surface area contributed by atoms with E-state index in [-0.39, 0.29) is 17.9 Å². The van der Waals surface area contributed by atoms with E-state index in [2.05, 4.69) is 67.8 Å². The number of carbonyl (C=O) groups excluding carboxylic acids is 1. The van der Waals surface area contributed by atoms with Crippen LogP contribution in [-0.4, -0.2) is 33.4 Å². The molecule has 1 amide bonds. The summed E-state index contributed by atoms with van der Waals surface area (Å²) in [5.41, 5.74) is 12.3. The Bertz CT molecular complexity index is 1290. The highest BCUT2D eigenvalue weighted by Crippen LogP contribution is 2.33. The molecule has 0 radical (unpaired) electrons. The second-order valence-electron chi connectivity index (χ2n) is 9.91. The standard InChI is InChI=1S/C31H38N4O/c1-5-24-14-17-28-27(20-24)33-30(35(28)21-25-10-7-6-8-11-25)29(22(2)3)34(19-9-18-32)31(36)26-15-12-23(4)13-16-26/h6-8,10-17,20,22,29H,5,9,18-19,21,32H2,1-4H3/t29-/m1/s1. The molecule has 5 nitrogen and oxygen atoms in total. The van der Waals surface area contributed by atoms with Crippen LogP contribution in [0.2, 0.25) is 0 Å². The second kappa shape index (κ2) is 11.5. The van der Waals surface area contributed by atoms with E-state index in [1.807, 2.05) is 42.2 Å². The molecule has 4 aromatic rings. The quantitative estimate of drug-likeness (QED) is 0.295. The van der Waals surface area contributed by atoms with Gasteiger partial charge in [0.1, 0.15) is 5.82 Å². The average Bonchev–Trinajstić information content (AvgIpc) is 3.23. The largest absolute Gasteiger partial charge is 0.330 e. The molecule has 0 aliphatic heterocycles. The van der Waals surface area contributed by atoms with Gasteiger partial charge in [-0.05, 0) is 67.6 Å². The number of nitrogens with zero attached hydrogens (tertiary/aromatic N) is 3. The van der Waals surface area contributed by atoms with Crippen LogP contribution >= 0.6 is 0 Å². The third kappa shape index (κ3) is 5.52. The predicted molar refractivity (Wildman–Crippen MR) is 148 cm³/mol. The molecule has 1 atom stereocenters. The number of imidazole rings is 1. The molecule has 0 saturated carbocycles. The van der Waals surface area contributed by atoms with Crippen LogP contribution in [0.1, 0.15) is 66.1 Å². The van der Waals surface area contributed by atoms with Crippen LogP contribution in [0.4, 0.5) is 0 Å². The second-order valence-corrected chi connectivity index (χ2v) is 9.91. The van der Waals surface area contributed by atoms with E-state index in [0.717, 1.165) is 35.3 Å². The number of amides is 1. The minimum atomic E-state index is -0.188. The van der Waals surface area contributed by atoms with E-state index in [9.17, 15) is 4.79 Å². The summed E-state index contributed by atoms with van der Waals surface area (Å²) in [7, 11) is 0. The molecular formula is C31H38N4O. The predicted octanol–water partition coefficient (Wildman–Crippen LogP) is 6.14. The highest BCUT2D eigenvalue weighted by atomic mass is 16.2. The van der Waals surface area contributed by atoms with E-state index < -0.39 is 0 Å². The van der Waals surface area contributed by atoms with Gasteiger partial charge < -0.3 is 15.2 Å². The Morgan fingerprint density at radius 2 is 1.72 bits per heavy atom. The fraction of sp³-hybridized carbons (Fsp3) is 0.355. The number of nitrogens with two attached hydrogens (primary N) is 1. The minimum absolute atomic E-state index is 0.0229. The van der Waals surface area contributed by atoms with Gasteiger partial charge in [0.2, 0.25) is 0 Å². The first-order chi connectivity index (χ1) is 17.4. The number of aryl methyl sites for hydroxylation is 2. The van der Waals surface area contributed by atoms with Crippen LogP contribution in [-0.2, 0) is 13.0 Å². The first kappa shape index (κ1) is 25.6. The van der Waals surface area contributed by atoms with Crippen LogP contribution in [0.3, 0.4) is 0 Å². The summed E-state index contributed by atoms with van der Waals surface area (Å²) in [6.45, 7) is 10.4. The van der Waals surface area contributed by atoms with Gasteiger partial charge in [-0.1, -0.05) is 74.9 Å². The molecule has 2 N–H and O–H groups in total. The highest BCUT2D eigenvalue weighted by Gasteiger charge is 2.32. The minimum Gasteiger partial charge on any atom is -0.330 e. The molecule has 36 heavy (non-hydrogen) atoms. The average molecular weight is 483 g/mol. The highest BCUT2D eigenvalue weighted by molar-refractivity contribution is 5.94. The number of rotatable bonds is 10. The summed E-state index contributed by atoms with van der Waals surface area (Å²) in [5, 5.41) is 0. The zero-order valence-electron chi connectivity index (χ0n) is 21.9. The topological polar surface area (TPSA) is 64.2 Å². The Kier molecular flexibility index (Phi) is 8.21. The van der Waals surface area contributed by atoms with Gasteiger partial charge in [0.15, 0.2) is 0 Å². The molecule has 0 spiro atoms. The monoisotopic (exact) mass is 482 g/mol. The molecule has 1 aromatic heterocycles.